The van der Waals surface area contributed by atoms with Gasteiger partial charge in [0.25, 0.3) is 0 Å². The van der Waals surface area contributed by atoms with E-state index in [9.17, 15) is 34.8 Å². The molecule has 0 aromatic heterocycles. The molecule has 7 N–H and O–H groups in total. The van der Waals surface area contributed by atoms with Gasteiger partial charge in [0, 0.05) is 19.8 Å². The number of esters is 2. The summed E-state index contributed by atoms with van der Waals surface area (Å²) in [4.78, 5) is 37.2. The Balaban J connectivity index is 2.01. The molecule has 15 heteroatoms. The Bertz CT molecular complexity index is 1080. The lowest BCUT2D eigenvalue weighted by Gasteiger charge is -2.47. The fourth-order valence-corrected chi connectivity index (χ4v) is 6.40. The number of amides is 1. The van der Waals surface area contributed by atoms with Gasteiger partial charge in [0.1, 0.15) is 37.1 Å². The van der Waals surface area contributed by atoms with E-state index in [4.69, 9.17) is 34.2 Å². The summed E-state index contributed by atoms with van der Waals surface area (Å²) in [6.07, 6.45) is 7.19. The SMILES string of the molecule is CCCCCCC/C=C\CCCCCC(=O)O[C@H](COC(=O)CCCCCC)CO[C@H]1O[C@H](CO)[C@@H](O)[C@H](O[C@@H]2O[C@H](C)[C@H](N)[C@H](O)[C@H]2NC(C)=O)[C@H]1O. The molecule has 0 radical (unpaired) electrons. The molecule has 0 aromatic carbocycles. The molecule has 15 nitrogen and oxygen atoms in total. The third kappa shape index (κ3) is 17.7. The number of hydrogen-bond acceptors (Lipinski definition) is 14. The summed E-state index contributed by atoms with van der Waals surface area (Å²) < 4.78 is 34.3. The molecular weight excluding hydrogens is 704 g/mol. The molecule has 1 amide bonds. The van der Waals surface area contributed by atoms with E-state index in [-0.39, 0.29) is 26.1 Å². The largest absolute Gasteiger partial charge is 0.462 e. The van der Waals surface area contributed by atoms with Gasteiger partial charge in [-0.1, -0.05) is 77.4 Å². The minimum absolute atomic E-state index is 0.157. The minimum atomic E-state index is -1.68. The van der Waals surface area contributed by atoms with Crippen molar-refractivity contribution in [1.29, 1.82) is 0 Å². The number of allylic oxidation sites excluding steroid dienone is 2. The van der Waals surface area contributed by atoms with Gasteiger partial charge in [-0.2, -0.15) is 0 Å². The van der Waals surface area contributed by atoms with Gasteiger partial charge in [0.15, 0.2) is 18.7 Å². The maximum Gasteiger partial charge on any atom is 0.306 e. The lowest BCUT2D eigenvalue weighted by Crippen LogP contribution is -2.68. The predicted molar refractivity (Wildman–Crippen MR) is 200 cm³/mol. The lowest BCUT2D eigenvalue weighted by molar-refractivity contribution is -0.342. The van der Waals surface area contributed by atoms with E-state index in [1.54, 1.807) is 6.92 Å². The van der Waals surface area contributed by atoms with Gasteiger partial charge >= 0.3 is 11.9 Å². The summed E-state index contributed by atoms with van der Waals surface area (Å²) >= 11 is 0. The molecule has 2 heterocycles. The first-order valence-electron chi connectivity index (χ1n) is 20.2. The predicted octanol–water partition coefficient (Wildman–Crippen LogP) is 3.06. The van der Waals surface area contributed by atoms with Crippen LogP contribution in [0.1, 0.15) is 130 Å². The molecule has 0 saturated carbocycles. The molecule has 11 atom stereocenters. The summed E-state index contributed by atoms with van der Waals surface area (Å²) in [5, 5.41) is 45.5. The summed E-state index contributed by atoms with van der Waals surface area (Å²) in [7, 11) is 0. The van der Waals surface area contributed by atoms with Crippen LogP contribution >= 0.6 is 0 Å². The smallest absolute Gasteiger partial charge is 0.306 e. The van der Waals surface area contributed by atoms with Crippen LogP contribution in [0.3, 0.4) is 0 Å². The van der Waals surface area contributed by atoms with Gasteiger partial charge in [-0.3, -0.25) is 14.4 Å². The lowest BCUT2D eigenvalue weighted by atomic mass is 9.94. The molecule has 2 rings (SSSR count). The summed E-state index contributed by atoms with van der Waals surface area (Å²) in [5.41, 5.74) is 6.04. The Morgan fingerprint density at radius 1 is 0.778 bits per heavy atom. The van der Waals surface area contributed by atoms with Gasteiger partial charge in [0.05, 0.1) is 31.5 Å². The number of unbranched alkanes of at least 4 members (excludes halogenated alkanes) is 11. The molecule has 0 spiro atoms. The first-order chi connectivity index (χ1) is 25.9. The molecule has 54 heavy (non-hydrogen) atoms. The maximum absolute atomic E-state index is 12.9. The van der Waals surface area contributed by atoms with Gasteiger partial charge in [0.2, 0.25) is 5.91 Å². The molecule has 0 aliphatic carbocycles. The monoisotopic (exact) mass is 774 g/mol. The van der Waals surface area contributed by atoms with Crippen molar-refractivity contribution in [2.24, 2.45) is 5.73 Å². The van der Waals surface area contributed by atoms with Crippen molar-refractivity contribution in [1.82, 2.24) is 5.32 Å². The van der Waals surface area contributed by atoms with Crippen LogP contribution in [0, 0.1) is 0 Å². The molecule has 2 fully saturated rings. The highest BCUT2D eigenvalue weighted by Gasteiger charge is 2.50. The standard InChI is InChI=1S/C39H70N2O13/c1-5-7-9-11-12-13-14-15-16-17-18-20-22-31(45)52-28(24-49-30(44)21-19-10-8-6-2)25-50-39-36(48)37(34(46)29(23-42)53-39)54-38-33(41-27(4)43)35(47)32(40)26(3)51-38/h14-15,26,28-29,32-39,42,46-48H,5-13,16-25,40H2,1-4H3,(H,41,43)/b15-14-/t26-,28-,29-,32+,33-,34-,35+,36-,37+,38+,39+/m1/s1. The quantitative estimate of drug-likeness (QED) is 0.0401. The Kier molecular flexibility index (Phi) is 24.3. The number of nitrogens with two attached hydrogens (primary N) is 1. The van der Waals surface area contributed by atoms with E-state index in [1.165, 1.54) is 39.0 Å². The molecule has 2 saturated heterocycles. The second-order valence-corrected chi connectivity index (χ2v) is 14.5. The van der Waals surface area contributed by atoms with Crippen LogP contribution in [0.15, 0.2) is 12.2 Å². The van der Waals surface area contributed by atoms with Crippen LogP contribution in [0.5, 0.6) is 0 Å². The van der Waals surface area contributed by atoms with Crippen molar-refractivity contribution in [2.45, 2.75) is 198 Å². The zero-order valence-corrected chi connectivity index (χ0v) is 33.0. The van der Waals surface area contributed by atoms with Crippen molar-refractivity contribution in [3.8, 4) is 0 Å². The zero-order chi connectivity index (χ0) is 39.9. The number of carbonyl (C=O) groups excluding carboxylic acids is 3. The topological polar surface area (TPSA) is 226 Å². The Hall–Kier alpha value is -2.21. The average Bonchev–Trinajstić information content (AvgIpc) is 3.14. The summed E-state index contributed by atoms with van der Waals surface area (Å²) in [6.45, 7) is 5.79. The Labute approximate surface area is 321 Å². The maximum atomic E-state index is 12.9. The second kappa shape index (κ2) is 27.4. The van der Waals surface area contributed by atoms with Crippen LogP contribution in [0.25, 0.3) is 0 Å². The van der Waals surface area contributed by atoms with Crippen LogP contribution < -0.4 is 11.1 Å². The van der Waals surface area contributed by atoms with Crippen LogP contribution in [0.4, 0.5) is 0 Å². The number of carbonyl (C=O) groups is 3. The van der Waals surface area contributed by atoms with Crippen molar-refractivity contribution >= 4 is 17.8 Å². The highest BCUT2D eigenvalue weighted by molar-refractivity contribution is 5.73. The van der Waals surface area contributed by atoms with Gasteiger partial charge in [-0.25, -0.2) is 0 Å². The van der Waals surface area contributed by atoms with Gasteiger partial charge in [-0.15, -0.1) is 0 Å². The molecule has 314 valence electrons. The molecule has 2 aliphatic rings. The third-order valence-electron chi connectivity index (χ3n) is 9.73. The van der Waals surface area contributed by atoms with Crippen molar-refractivity contribution in [3.05, 3.63) is 12.2 Å². The molecular formula is C39H70N2O13. The second-order valence-electron chi connectivity index (χ2n) is 14.5. The van der Waals surface area contributed by atoms with Crippen LogP contribution in [0.2, 0.25) is 0 Å². The Morgan fingerprint density at radius 3 is 1.98 bits per heavy atom. The van der Waals surface area contributed by atoms with E-state index in [0.717, 1.165) is 44.9 Å². The first-order valence-corrected chi connectivity index (χ1v) is 20.2. The highest BCUT2D eigenvalue weighted by Crippen LogP contribution is 2.29. The fourth-order valence-electron chi connectivity index (χ4n) is 6.40. The van der Waals surface area contributed by atoms with Gasteiger partial charge in [-0.05, 0) is 45.4 Å². The first kappa shape index (κ1) is 47.9. The van der Waals surface area contributed by atoms with Gasteiger partial charge < -0.3 is 59.9 Å². The zero-order valence-electron chi connectivity index (χ0n) is 33.0. The molecule has 0 aromatic rings. The van der Waals surface area contributed by atoms with Crippen molar-refractivity contribution in [2.75, 3.05) is 19.8 Å². The van der Waals surface area contributed by atoms with Crippen LogP contribution in [-0.4, -0.2) is 125 Å². The Morgan fingerprint density at radius 2 is 1.37 bits per heavy atom. The fraction of sp³-hybridized carbons (Fsp3) is 0.872. The van der Waals surface area contributed by atoms with E-state index < -0.39 is 91.8 Å². The number of hydrogen-bond donors (Lipinski definition) is 6. The normalized spacial score (nSPS) is 29.2. The van der Waals surface area contributed by atoms with E-state index in [0.29, 0.717) is 12.8 Å². The third-order valence-corrected chi connectivity index (χ3v) is 9.73. The number of aliphatic hydroxyl groups excluding tert-OH is 4. The van der Waals surface area contributed by atoms with E-state index in [2.05, 4.69) is 31.3 Å². The number of nitrogens with one attached hydrogen (secondary N) is 1. The number of ether oxygens (including phenoxy) is 6. The number of rotatable bonds is 27. The minimum Gasteiger partial charge on any atom is -0.462 e. The molecule has 0 unspecified atom stereocenters. The van der Waals surface area contributed by atoms with E-state index >= 15 is 0 Å². The number of aliphatic hydroxyl groups is 4. The van der Waals surface area contributed by atoms with E-state index in [1.807, 2.05) is 0 Å². The highest BCUT2D eigenvalue weighted by atomic mass is 16.7. The molecule has 0 bridgehead atoms. The summed E-state index contributed by atoms with van der Waals surface area (Å²) in [5.74, 6) is -1.44. The average molecular weight is 775 g/mol. The van der Waals surface area contributed by atoms with Crippen molar-refractivity contribution < 1.29 is 63.2 Å². The summed E-state index contributed by atoms with van der Waals surface area (Å²) in [6, 6.07) is -2.01. The van der Waals surface area contributed by atoms with Crippen LogP contribution in [-0.2, 0) is 42.8 Å². The molecule has 2 aliphatic heterocycles. The van der Waals surface area contributed by atoms with Crippen molar-refractivity contribution in [3.63, 3.8) is 0 Å².